The molecule has 0 aromatic heterocycles. The molecule has 0 aliphatic rings. The highest BCUT2D eigenvalue weighted by atomic mass is 32.2. The Labute approximate surface area is 107 Å². The molecule has 2 aromatic rings. The van der Waals surface area contributed by atoms with Crippen LogP contribution in [-0.2, 0) is 10.8 Å². The summed E-state index contributed by atoms with van der Waals surface area (Å²) in [6.45, 7) is 0. The molecule has 0 heterocycles. The van der Waals surface area contributed by atoms with E-state index in [2.05, 4.69) is 10.0 Å². The van der Waals surface area contributed by atoms with Crippen molar-refractivity contribution in [2.75, 3.05) is 0 Å². The van der Waals surface area contributed by atoms with Crippen molar-refractivity contribution in [2.45, 2.75) is 10.3 Å². The second kappa shape index (κ2) is 6.00. The van der Waals surface area contributed by atoms with E-state index in [0.29, 0.717) is 4.90 Å². The zero-order valence-corrected chi connectivity index (χ0v) is 10.3. The van der Waals surface area contributed by atoms with Crippen LogP contribution in [0.15, 0.2) is 70.7 Å². The first-order valence-corrected chi connectivity index (χ1v) is 6.59. The molecular weight excluding hydrogens is 246 g/mol. The van der Waals surface area contributed by atoms with Crippen molar-refractivity contribution < 1.29 is 4.21 Å². The van der Waals surface area contributed by atoms with Crippen LogP contribution >= 0.6 is 0 Å². The standard InChI is InChI=1S/C13H11N3OS/c14-16-15-13(11-7-3-1-4-8-11)18(17)12-9-5-2-6-10-12/h1-10,13H/t13-,18-/m0/s1. The fourth-order valence-electron chi connectivity index (χ4n) is 1.58. The van der Waals surface area contributed by atoms with Gasteiger partial charge in [0.15, 0.2) is 0 Å². The van der Waals surface area contributed by atoms with Gasteiger partial charge < -0.3 is 0 Å². The van der Waals surface area contributed by atoms with Crippen LogP contribution in [0.1, 0.15) is 10.9 Å². The lowest BCUT2D eigenvalue weighted by Gasteiger charge is -2.11. The molecule has 4 nitrogen and oxygen atoms in total. The van der Waals surface area contributed by atoms with Crippen molar-refractivity contribution >= 4 is 10.8 Å². The number of hydrogen-bond acceptors (Lipinski definition) is 2. The summed E-state index contributed by atoms with van der Waals surface area (Å²) in [5.41, 5.74) is 9.37. The van der Waals surface area contributed by atoms with E-state index in [9.17, 15) is 4.21 Å². The van der Waals surface area contributed by atoms with Gasteiger partial charge in [-0.25, -0.2) is 0 Å². The van der Waals surface area contributed by atoms with E-state index in [0.717, 1.165) is 5.56 Å². The van der Waals surface area contributed by atoms with E-state index in [-0.39, 0.29) is 0 Å². The van der Waals surface area contributed by atoms with E-state index < -0.39 is 16.2 Å². The third kappa shape index (κ3) is 2.77. The Morgan fingerprint density at radius 1 is 1.00 bits per heavy atom. The van der Waals surface area contributed by atoms with Gasteiger partial charge in [0.1, 0.15) is 5.37 Å². The minimum atomic E-state index is -1.39. The van der Waals surface area contributed by atoms with E-state index in [1.807, 2.05) is 36.4 Å². The molecule has 0 aliphatic carbocycles. The maximum absolute atomic E-state index is 12.4. The molecule has 2 aromatic carbocycles. The molecule has 0 aliphatic heterocycles. The quantitative estimate of drug-likeness (QED) is 0.466. The highest BCUT2D eigenvalue weighted by Gasteiger charge is 2.18. The molecule has 0 saturated heterocycles. The van der Waals surface area contributed by atoms with Gasteiger partial charge in [-0.05, 0) is 23.2 Å². The fraction of sp³-hybridized carbons (Fsp3) is 0.0769. The first kappa shape index (κ1) is 12.4. The highest BCUT2D eigenvalue weighted by Crippen LogP contribution is 2.26. The summed E-state index contributed by atoms with van der Waals surface area (Å²) >= 11 is 0. The maximum Gasteiger partial charge on any atom is 0.143 e. The molecule has 0 bridgehead atoms. The molecule has 0 saturated carbocycles. The third-order valence-corrected chi connectivity index (χ3v) is 3.93. The zero-order valence-electron chi connectivity index (χ0n) is 9.51. The summed E-state index contributed by atoms with van der Waals surface area (Å²) in [4.78, 5) is 3.44. The van der Waals surface area contributed by atoms with Crippen LogP contribution in [0.3, 0.4) is 0 Å². The SMILES string of the molecule is [N-]=[N+]=N[C@H](c1ccccc1)[S@@](=O)c1ccccc1. The second-order valence-corrected chi connectivity index (χ2v) is 5.09. The minimum absolute atomic E-state index is 0.652. The molecule has 90 valence electrons. The molecule has 0 N–H and O–H groups in total. The third-order valence-electron chi connectivity index (χ3n) is 2.42. The molecule has 18 heavy (non-hydrogen) atoms. The van der Waals surface area contributed by atoms with Gasteiger partial charge in [0.05, 0.1) is 10.8 Å². The molecule has 2 atom stereocenters. The molecule has 0 amide bonds. The Balaban J connectivity index is 2.38. The molecule has 0 unspecified atom stereocenters. The van der Waals surface area contributed by atoms with Gasteiger partial charge in [-0.1, -0.05) is 53.6 Å². The number of nitrogens with zero attached hydrogens (tertiary/aromatic N) is 3. The van der Waals surface area contributed by atoms with Crippen molar-refractivity contribution in [3.05, 3.63) is 76.7 Å². The summed E-state index contributed by atoms with van der Waals surface area (Å²) in [5.74, 6) is 0. The van der Waals surface area contributed by atoms with Crippen molar-refractivity contribution in [3.8, 4) is 0 Å². The molecular formula is C13H11N3OS. The van der Waals surface area contributed by atoms with E-state index in [1.54, 1.807) is 24.3 Å². The molecule has 0 radical (unpaired) electrons. The highest BCUT2D eigenvalue weighted by molar-refractivity contribution is 7.85. The predicted molar refractivity (Wildman–Crippen MR) is 71.2 cm³/mol. The number of hydrogen-bond donors (Lipinski definition) is 0. The summed E-state index contributed by atoms with van der Waals surface area (Å²) in [5, 5.41) is 2.96. The van der Waals surface area contributed by atoms with Gasteiger partial charge >= 0.3 is 0 Å². The van der Waals surface area contributed by atoms with Crippen LogP contribution in [0.25, 0.3) is 10.4 Å². The number of benzene rings is 2. The first-order chi connectivity index (χ1) is 8.83. The van der Waals surface area contributed by atoms with Crippen LogP contribution in [0.5, 0.6) is 0 Å². The number of azide groups is 1. The predicted octanol–water partition coefficient (Wildman–Crippen LogP) is 3.80. The Hall–Kier alpha value is -2.10. The minimum Gasteiger partial charge on any atom is -0.254 e. The van der Waals surface area contributed by atoms with Crippen molar-refractivity contribution in [2.24, 2.45) is 5.11 Å². The lowest BCUT2D eigenvalue weighted by Crippen LogP contribution is -2.03. The van der Waals surface area contributed by atoms with Crippen LogP contribution in [0.4, 0.5) is 0 Å². The molecule has 0 fully saturated rings. The summed E-state index contributed by atoms with van der Waals surface area (Å²) < 4.78 is 12.4. The van der Waals surface area contributed by atoms with Crippen LogP contribution in [0.2, 0.25) is 0 Å². The fourth-order valence-corrected chi connectivity index (χ4v) is 2.80. The Morgan fingerprint density at radius 3 is 2.11 bits per heavy atom. The monoisotopic (exact) mass is 257 g/mol. The van der Waals surface area contributed by atoms with Crippen molar-refractivity contribution in [1.82, 2.24) is 0 Å². The van der Waals surface area contributed by atoms with Gasteiger partial charge in [0.2, 0.25) is 0 Å². The Morgan fingerprint density at radius 2 is 1.56 bits per heavy atom. The van der Waals surface area contributed by atoms with Gasteiger partial charge in [-0.2, -0.15) is 0 Å². The van der Waals surface area contributed by atoms with Crippen molar-refractivity contribution in [1.29, 1.82) is 0 Å². The van der Waals surface area contributed by atoms with Gasteiger partial charge in [0.25, 0.3) is 0 Å². The zero-order chi connectivity index (χ0) is 12.8. The van der Waals surface area contributed by atoms with Gasteiger partial charge in [0, 0.05) is 9.81 Å². The Bertz CT molecular complexity index is 580. The Kier molecular flexibility index (Phi) is 4.12. The van der Waals surface area contributed by atoms with Crippen LogP contribution < -0.4 is 0 Å². The summed E-state index contributed by atoms with van der Waals surface area (Å²) in [7, 11) is -1.39. The second-order valence-electron chi connectivity index (χ2n) is 3.58. The average Bonchev–Trinajstić information content (AvgIpc) is 2.46. The lowest BCUT2D eigenvalue weighted by molar-refractivity contribution is 0.673. The van der Waals surface area contributed by atoms with Crippen molar-refractivity contribution in [3.63, 3.8) is 0 Å². The smallest absolute Gasteiger partial charge is 0.143 e. The first-order valence-electron chi connectivity index (χ1n) is 5.37. The van der Waals surface area contributed by atoms with Crippen LogP contribution in [-0.4, -0.2) is 4.21 Å². The summed E-state index contributed by atoms with van der Waals surface area (Å²) in [6.07, 6.45) is 0. The van der Waals surface area contributed by atoms with E-state index >= 15 is 0 Å². The van der Waals surface area contributed by atoms with Gasteiger partial charge in [-0.15, -0.1) is 0 Å². The van der Waals surface area contributed by atoms with E-state index in [4.69, 9.17) is 5.53 Å². The molecule has 0 spiro atoms. The number of rotatable bonds is 4. The maximum atomic E-state index is 12.4. The molecule has 5 heteroatoms. The summed E-state index contributed by atoms with van der Waals surface area (Å²) in [6, 6.07) is 18.1. The van der Waals surface area contributed by atoms with Gasteiger partial charge in [-0.3, -0.25) is 4.21 Å². The topological polar surface area (TPSA) is 65.8 Å². The largest absolute Gasteiger partial charge is 0.254 e. The normalized spacial score (nSPS) is 13.3. The molecule has 2 rings (SSSR count). The average molecular weight is 257 g/mol. The lowest BCUT2D eigenvalue weighted by atomic mass is 10.2. The van der Waals surface area contributed by atoms with E-state index in [1.165, 1.54) is 0 Å². The van der Waals surface area contributed by atoms with Crippen LogP contribution in [0, 0.1) is 0 Å².